The lowest BCUT2D eigenvalue weighted by Crippen LogP contribution is -2.46. The maximum absolute atomic E-state index is 14.3. The number of carboxylic acids is 1. The van der Waals surface area contributed by atoms with Gasteiger partial charge in [-0.15, -0.1) is 4.83 Å². The van der Waals surface area contributed by atoms with Gasteiger partial charge in [0.15, 0.2) is 17.4 Å². The number of ether oxygens (including phenoxy) is 2. The van der Waals surface area contributed by atoms with Crippen LogP contribution in [0.15, 0.2) is 48.8 Å². The van der Waals surface area contributed by atoms with E-state index in [1.165, 1.54) is 29.8 Å². The third-order valence-electron chi connectivity index (χ3n) is 9.35. The molecule has 1 aliphatic heterocycles. The van der Waals surface area contributed by atoms with Gasteiger partial charge in [-0.05, 0) is 43.1 Å². The molecule has 16 heteroatoms. The molecule has 2 aliphatic rings. The number of hydrogen-bond donors (Lipinski definition) is 4. The third kappa shape index (κ3) is 6.58. The van der Waals surface area contributed by atoms with Crippen molar-refractivity contribution < 1.29 is 43.5 Å². The van der Waals surface area contributed by atoms with Crippen molar-refractivity contribution in [2.75, 3.05) is 19.5 Å². The van der Waals surface area contributed by atoms with Crippen LogP contribution in [-0.2, 0) is 18.9 Å². The second-order valence-corrected chi connectivity index (χ2v) is 13.9. The van der Waals surface area contributed by atoms with Crippen LogP contribution in [0.5, 0.6) is 11.6 Å². The summed E-state index contributed by atoms with van der Waals surface area (Å²) in [5.41, 5.74) is 4.53. The molecular weight excluding hydrogens is 643 g/mol. The molecule has 1 aliphatic carbocycles. The number of nitrogens with zero attached hydrogens (tertiary/aromatic N) is 5. The fourth-order valence-corrected chi connectivity index (χ4v) is 8.36. The van der Waals surface area contributed by atoms with Gasteiger partial charge in [0.2, 0.25) is 11.8 Å². The minimum absolute atomic E-state index is 0.00729. The van der Waals surface area contributed by atoms with Gasteiger partial charge in [-0.3, -0.25) is 18.8 Å². The van der Waals surface area contributed by atoms with Gasteiger partial charge in [0.1, 0.15) is 23.6 Å². The number of nitrogen functional groups attached to an aromatic ring is 1. The monoisotopic (exact) mass is 684 g/mol. The Balaban J connectivity index is 1.30. The molecule has 48 heavy (non-hydrogen) atoms. The van der Waals surface area contributed by atoms with Crippen molar-refractivity contribution >= 4 is 42.0 Å². The topological polar surface area (TPSA) is 205 Å². The first kappa shape index (κ1) is 34.0. The Kier molecular flexibility index (Phi) is 9.88. The third-order valence-corrected chi connectivity index (χ3v) is 10.5. The molecule has 5 N–H and O–H groups in total. The highest BCUT2D eigenvalue weighted by molar-refractivity contribution is 7.36. The zero-order valence-electron chi connectivity index (χ0n) is 26.9. The number of nitrogens with two attached hydrogens (primary N) is 1. The number of hydroxylamine groups is 1. The number of methoxy groups -OCH3 is 1. The summed E-state index contributed by atoms with van der Waals surface area (Å²) in [4.78, 5) is 32.0. The predicted octanol–water partition coefficient (Wildman–Crippen LogP) is 3.95. The Bertz CT molecular complexity index is 1790. The van der Waals surface area contributed by atoms with Crippen LogP contribution in [0.2, 0.25) is 0 Å². The molecule has 0 bridgehead atoms. The molecule has 4 aromatic rings. The van der Waals surface area contributed by atoms with Gasteiger partial charge in [0.25, 0.3) is 0 Å². The molecule has 1 saturated carbocycles. The van der Waals surface area contributed by atoms with Gasteiger partial charge >= 0.3 is 14.1 Å². The summed E-state index contributed by atoms with van der Waals surface area (Å²) >= 11 is 0. The number of aromatic nitrogens is 4. The Morgan fingerprint density at radius 2 is 1.94 bits per heavy atom. The summed E-state index contributed by atoms with van der Waals surface area (Å²) in [6.07, 6.45) is 0.953. The van der Waals surface area contributed by atoms with Crippen molar-refractivity contribution in [1.82, 2.24) is 24.4 Å². The lowest BCUT2D eigenvalue weighted by molar-refractivity contribution is -0.179. The molecule has 7 atom stereocenters. The number of benzene rings is 2. The Labute approximate surface area is 277 Å². The first-order valence-corrected chi connectivity index (χ1v) is 17.2. The second kappa shape index (κ2) is 13.9. The van der Waals surface area contributed by atoms with Gasteiger partial charge in [0, 0.05) is 11.8 Å². The van der Waals surface area contributed by atoms with Crippen LogP contribution in [0.3, 0.4) is 0 Å². The molecule has 15 nitrogen and oxygen atoms in total. The summed E-state index contributed by atoms with van der Waals surface area (Å²) in [5.74, 6) is -1.01. The smallest absolute Gasteiger partial charge is 0.330 e. The highest BCUT2D eigenvalue weighted by Gasteiger charge is 2.54. The lowest BCUT2D eigenvalue weighted by Gasteiger charge is -2.37. The molecule has 258 valence electrons. The molecular formula is C32H41N6O9P. The van der Waals surface area contributed by atoms with E-state index >= 15 is 0 Å². The summed E-state index contributed by atoms with van der Waals surface area (Å²) < 4.78 is 33.3. The van der Waals surface area contributed by atoms with Crippen molar-refractivity contribution in [1.29, 1.82) is 0 Å². The van der Waals surface area contributed by atoms with Crippen LogP contribution in [0, 0.1) is 11.8 Å². The fraction of sp³-hybridized carbons (Fsp3) is 0.500. The van der Waals surface area contributed by atoms with Crippen LogP contribution in [0.4, 0.5) is 5.95 Å². The van der Waals surface area contributed by atoms with E-state index in [0.717, 1.165) is 36.5 Å². The van der Waals surface area contributed by atoms with Crippen LogP contribution in [0.25, 0.3) is 21.9 Å². The van der Waals surface area contributed by atoms with Gasteiger partial charge in [-0.25, -0.2) is 4.98 Å². The first-order valence-electron chi connectivity index (χ1n) is 15.9. The SMILES string of the molecule is COc1nc(N)nc2c1ncn2[C@@H]1O[C@H](CON(C(C(C)CC(=O)O)C2CCCC2)[PH](=O)Oc2cccc3ccccc23)[C@@H](O)[C@@]1(C)O. The average Bonchev–Trinajstić information content (AvgIpc) is 3.78. The second-order valence-electron chi connectivity index (χ2n) is 12.7. The van der Waals surface area contributed by atoms with Crippen LogP contribution < -0.4 is 15.0 Å². The van der Waals surface area contributed by atoms with Crippen molar-refractivity contribution in [2.24, 2.45) is 11.8 Å². The van der Waals surface area contributed by atoms with E-state index in [9.17, 15) is 24.7 Å². The van der Waals surface area contributed by atoms with Crippen molar-refractivity contribution in [3.8, 4) is 11.6 Å². The molecule has 2 fully saturated rings. The van der Waals surface area contributed by atoms with E-state index in [2.05, 4.69) is 15.0 Å². The number of carboxylic acid groups (broad SMARTS) is 1. The summed E-state index contributed by atoms with van der Waals surface area (Å²) in [6.45, 7) is 2.88. The average molecular weight is 685 g/mol. The summed E-state index contributed by atoms with van der Waals surface area (Å²) in [5, 5.41) is 34.2. The highest BCUT2D eigenvalue weighted by Crippen LogP contribution is 2.45. The van der Waals surface area contributed by atoms with Crippen molar-refractivity contribution in [2.45, 2.75) is 76.0 Å². The molecule has 0 radical (unpaired) electrons. The number of aliphatic carboxylic acids is 1. The molecule has 1 saturated heterocycles. The zero-order chi connectivity index (χ0) is 34.2. The molecule has 2 aromatic carbocycles. The van der Waals surface area contributed by atoms with Gasteiger partial charge in [-0.2, -0.15) is 9.97 Å². The summed E-state index contributed by atoms with van der Waals surface area (Å²) in [7, 11) is -1.80. The number of aliphatic hydroxyl groups is 2. The molecule has 0 spiro atoms. The van der Waals surface area contributed by atoms with Crippen LogP contribution in [0.1, 0.15) is 52.2 Å². The van der Waals surface area contributed by atoms with Crippen LogP contribution in [-0.4, -0.2) is 83.2 Å². The lowest BCUT2D eigenvalue weighted by atomic mass is 9.87. The minimum atomic E-state index is -3.21. The summed E-state index contributed by atoms with van der Waals surface area (Å²) in [6, 6.07) is 12.4. The standard InChI is InChI=1S/C32H41N6O9P/c1-18(15-24(39)40)26(20-10-4-5-11-20)38(48(43)47-22-14-8-12-19-9-6-7-13-21(19)22)45-16-23-27(41)32(2,42)30(46-23)37-17-34-25-28(37)35-31(33)36-29(25)44-3/h6-9,12-14,17-18,20,23,26-27,30,41-42,48H,4-5,10-11,15-16H2,1-3H3,(H,39,40)(H2,33,35,36)/t18?,23-,26?,27-,30-,32-/m1/s1. The quantitative estimate of drug-likeness (QED) is 0.116. The van der Waals surface area contributed by atoms with E-state index in [1.54, 1.807) is 19.1 Å². The number of fused-ring (bicyclic) bond motifs is 2. The van der Waals surface area contributed by atoms with E-state index < -0.39 is 50.1 Å². The molecule has 3 heterocycles. The molecule has 3 unspecified atom stereocenters. The molecule has 6 rings (SSSR count). The Morgan fingerprint density at radius 3 is 2.67 bits per heavy atom. The maximum atomic E-state index is 14.3. The normalized spacial score (nSPS) is 25.1. The Morgan fingerprint density at radius 1 is 1.21 bits per heavy atom. The number of anilines is 1. The molecule has 0 amide bonds. The van der Waals surface area contributed by atoms with Crippen molar-refractivity contribution in [3.05, 3.63) is 48.8 Å². The highest BCUT2D eigenvalue weighted by atomic mass is 31.1. The van der Waals surface area contributed by atoms with E-state index in [4.69, 9.17) is 24.6 Å². The van der Waals surface area contributed by atoms with Gasteiger partial charge in [0.05, 0.1) is 26.1 Å². The van der Waals surface area contributed by atoms with Crippen LogP contribution >= 0.6 is 8.18 Å². The van der Waals surface area contributed by atoms with Gasteiger partial charge < -0.3 is 35.1 Å². The largest absolute Gasteiger partial charge is 0.481 e. The fourth-order valence-electron chi connectivity index (χ4n) is 7.02. The number of aliphatic hydroxyl groups excluding tert-OH is 1. The van der Waals surface area contributed by atoms with E-state index in [1.807, 2.05) is 30.3 Å². The van der Waals surface area contributed by atoms with E-state index in [0.29, 0.717) is 5.75 Å². The zero-order valence-corrected chi connectivity index (χ0v) is 27.9. The molecule has 2 aromatic heterocycles. The number of rotatable bonds is 13. The number of imidazole rings is 1. The predicted molar refractivity (Wildman–Crippen MR) is 175 cm³/mol. The minimum Gasteiger partial charge on any atom is -0.481 e. The Hall–Kier alpha value is -3.85. The first-order chi connectivity index (χ1) is 23.0. The van der Waals surface area contributed by atoms with Crippen molar-refractivity contribution in [3.63, 3.8) is 0 Å². The maximum Gasteiger partial charge on any atom is 0.330 e. The van der Waals surface area contributed by atoms with Gasteiger partial charge in [-0.1, -0.05) is 56.2 Å². The number of hydrogen-bond acceptors (Lipinski definition) is 12. The number of carbonyl (C=O) groups is 1. The van der Waals surface area contributed by atoms with E-state index in [-0.39, 0.29) is 41.9 Å².